The monoisotopic (exact) mass is 490 g/mol. The maximum Gasteiger partial charge on any atom is 0.414 e. The lowest BCUT2D eigenvalue weighted by atomic mass is 10.3. The predicted molar refractivity (Wildman–Crippen MR) is 123 cm³/mol. The summed E-state index contributed by atoms with van der Waals surface area (Å²) in [6, 6.07) is 4.37. The van der Waals surface area contributed by atoms with E-state index in [9.17, 15) is 19.7 Å². The molecule has 15 heteroatoms. The number of piperazine rings is 1. The van der Waals surface area contributed by atoms with E-state index < -0.39 is 17.0 Å². The Morgan fingerprint density at radius 2 is 2.09 bits per heavy atom. The number of nitrogens with one attached hydrogen (secondary N) is 1. The van der Waals surface area contributed by atoms with E-state index in [-0.39, 0.29) is 17.1 Å². The minimum Gasteiger partial charge on any atom is -0.474 e. The molecule has 1 atom stereocenters. The van der Waals surface area contributed by atoms with Crippen molar-refractivity contribution in [3.63, 3.8) is 0 Å². The van der Waals surface area contributed by atoms with Gasteiger partial charge in [0.1, 0.15) is 11.9 Å². The molecule has 0 spiro atoms. The summed E-state index contributed by atoms with van der Waals surface area (Å²) in [5.74, 6) is 0.334. The molecule has 14 nitrogen and oxygen atoms in total. The summed E-state index contributed by atoms with van der Waals surface area (Å²) in [5, 5.41) is 17.6. The van der Waals surface area contributed by atoms with Crippen molar-refractivity contribution < 1.29 is 24.0 Å². The van der Waals surface area contributed by atoms with Crippen LogP contribution in [-0.4, -0.2) is 94.4 Å². The second-order valence-electron chi connectivity index (χ2n) is 7.50. The van der Waals surface area contributed by atoms with E-state index in [1.54, 1.807) is 17.2 Å². The number of hydrogen-bond donors (Lipinski definition) is 1. The quantitative estimate of drug-likeness (QED) is 0.361. The van der Waals surface area contributed by atoms with Crippen LogP contribution in [0.4, 0.5) is 26.9 Å². The van der Waals surface area contributed by atoms with Gasteiger partial charge in [-0.15, -0.1) is 0 Å². The molecular weight excluding hydrogens is 468 g/mol. The molecule has 2 aliphatic rings. The van der Waals surface area contributed by atoms with Crippen LogP contribution < -0.4 is 15.1 Å². The molecule has 4 heterocycles. The molecule has 0 aromatic carbocycles. The van der Waals surface area contributed by atoms with Crippen LogP contribution in [0.2, 0.25) is 0 Å². The Morgan fingerprint density at radius 1 is 1.32 bits per heavy atom. The highest BCUT2D eigenvalue weighted by Gasteiger charge is 2.33. The third kappa shape index (κ3) is 4.98. The molecule has 2 aromatic rings. The number of pyridine rings is 1. The van der Waals surface area contributed by atoms with Gasteiger partial charge in [0.2, 0.25) is 0 Å². The van der Waals surface area contributed by atoms with Gasteiger partial charge in [-0.25, -0.2) is 14.6 Å². The summed E-state index contributed by atoms with van der Waals surface area (Å²) in [7, 11) is 1.46. The minimum absolute atomic E-state index is 0.230. The Bertz CT molecular complexity index is 1080. The largest absolute Gasteiger partial charge is 0.474 e. The zero-order valence-corrected chi connectivity index (χ0v) is 19.0. The fourth-order valence-corrected chi connectivity index (χ4v) is 3.71. The Hall–Kier alpha value is -4.01. The average molecular weight is 491 g/mol. The van der Waals surface area contributed by atoms with Gasteiger partial charge in [-0.1, -0.05) is 4.68 Å². The highest BCUT2D eigenvalue weighted by Crippen LogP contribution is 2.23. The van der Waals surface area contributed by atoms with Gasteiger partial charge in [0.25, 0.3) is 5.17 Å². The average Bonchev–Trinajstić information content (AvgIpc) is 3.49. The van der Waals surface area contributed by atoms with Gasteiger partial charge in [0.05, 0.1) is 49.4 Å². The number of hydrogen-bond acceptors (Lipinski definition) is 10. The zero-order chi connectivity index (χ0) is 24.2. The van der Waals surface area contributed by atoms with Crippen LogP contribution >= 0.6 is 12.2 Å². The van der Waals surface area contributed by atoms with Crippen LogP contribution in [0.1, 0.15) is 0 Å². The molecule has 4 rings (SSSR count). The molecule has 180 valence electrons. The predicted octanol–water partition coefficient (Wildman–Crippen LogP) is 0.823. The van der Waals surface area contributed by atoms with Crippen LogP contribution in [0.3, 0.4) is 0 Å². The second-order valence-corrected chi connectivity index (χ2v) is 7.87. The number of thiocarbonyl (C=S) groups is 1. The van der Waals surface area contributed by atoms with Gasteiger partial charge >= 0.3 is 17.9 Å². The standard InChI is InChI=1S/C19H22N8O6S/c1-32-17(34)21-11-14-12-25(19(29)33-14)13-2-3-15(20-10-13)23-6-8-24(9-7-23)18(28)26-5-4-16(22-26)27(30)31/h2-5,10,14H,6-9,11-12H2,1H3,(H,21,34)/t14-/m0/s1. The number of rotatable bonds is 5. The van der Waals surface area contributed by atoms with Crippen molar-refractivity contribution in [1.82, 2.24) is 25.0 Å². The Kier molecular flexibility index (Phi) is 6.72. The first-order valence-electron chi connectivity index (χ1n) is 10.4. The topological polar surface area (TPSA) is 148 Å². The van der Waals surface area contributed by atoms with Gasteiger partial charge in [0, 0.05) is 26.2 Å². The number of methoxy groups -OCH3 is 1. The molecule has 0 saturated carbocycles. The normalized spacial score (nSPS) is 18.0. The van der Waals surface area contributed by atoms with E-state index in [1.165, 1.54) is 24.3 Å². The Morgan fingerprint density at radius 3 is 2.71 bits per heavy atom. The molecule has 0 aliphatic carbocycles. The van der Waals surface area contributed by atoms with Crippen LogP contribution in [0.25, 0.3) is 0 Å². The van der Waals surface area contributed by atoms with Gasteiger partial charge in [0.15, 0.2) is 0 Å². The Labute approximate surface area is 199 Å². The van der Waals surface area contributed by atoms with Crippen molar-refractivity contribution in [2.24, 2.45) is 0 Å². The summed E-state index contributed by atoms with van der Waals surface area (Å²) >= 11 is 4.92. The van der Waals surface area contributed by atoms with Crippen molar-refractivity contribution in [3.8, 4) is 0 Å². The van der Waals surface area contributed by atoms with E-state index in [1.807, 2.05) is 11.0 Å². The van der Waals surface area contributed by atoms with E-state index >= 15 is 0 Å². The number of cyclic esters (lactones) is 1. The second kappa shape index (κ2) is 9.86. The number of nitrogens with zero attached hydrogens (tertiary/aromatic N) is 7. The fraction of sp³-hybridized carbons (Fsp3) is 0.421. The third-order valence-corrected chi connectivity index (χ3v) is 5.72. The molecule has 1 N–H and O–H groups in total. The number of amides is 2. The van der Waals surface area contributed by atoms with E-state index in [4.69, 9.17) is 21.7 Å². The first kappa shape index (κ1) is 23.2. The van der Waals surface area contributed by atoms with Gasteiger partial charge in [-0.3, -0.25) is 4.90 Å². The number of aromatic nitrogens is 3. The molecule has 2 aromatic heterocycles. The zero-order valence-electron chi connectivity index (χ0n) is 18.2. The third-order valence-electron chi connectivity index (χ3n) is 5.41. The number of carbonyl (C=O) groups is 2. The van der Waals surface area contributed by atoms with Gasteiger partial charge in [-0.05, 0) is 29.3 Å². The lowest BCUT2D eigenvalue weighted by molar-refractivity contribution is -0.389. The van der Waals surface area contributed by atoms with Crippen molar-refractivity contribution >= 4 is 46.8 Å². The van der Waals surface area contributed by atoms with Crippen molar-refractivity contribution in [2.45, 2.75) is 6.10 Å². The molecule has 2 fully saturated rings. The molecule has 2 amide bonds. The number of nitro groups is 1. The number of anilines is 2. The van der Waals surface area contributed by atoms with Crippen molar-refractivity contribution in [3.05, 3.63) is 40.7 Å². The first-order chi connectivity index (χ1) is 16.4. The van der Waals surface area contributed by atoms with Crippen LogP contribution in [-0.2, 0) is 9.47 Å². The van der Waals surface area contributed by atoms with Crippen molar-refractivity contribution in [2.75, 3.05) is 56.2 Å². The van der Waals surface area contributed by atoms with E-state index in [0.717, 1.165) is 4.68 Å². The molecule has 2 aliphatic heterocycles. The van der Waals surface area contributed by atoms with Crippen LogP contribution in [0.15, 0.2) is 30.6 Å². The van der Waals surface area contributed by atoms with Crippen LogP contribution in [0, 0.1) is 10.1 Å². The highest BCUT2D eigenvalue weighted by molar-refractivity contribution is 7.80. The Balaban J connectivity index is 1.31. The SMILES string of the molecule is COC(=S)NC[C@H]1CN(c2ccc(N3CCN(C(=O)n4ccc([N+](=O)[O-])n4)CC3)nc2)C(=O)O1. The first-order valence-corrected chi connectivity index (χ1v) is 10.8. The molecule has 0 radical (unpaired) electrons. The molecular formula is C19H22N8O6S. The summed E-state index contributed by atoms with van der Waals surface area (Å²) in [4.78, 5) is 44.4. The smallest absolute Gasteiger partial charge is 0.414 e. The lowest BCUT2D eigenvalue weighted by Gasteiger charge is -2.34. The molecule has 34 heavy (non-hydrogen) atoms. The number of carbonyl (C=O) groups excluding carboxylic acids is 2. The fourth-order valence-electron chi connectivity index (χ4n) is 3.62. The summed E-state index contributed by atoms with van der Waals surface area (Å²) in [5.41, 5.74) is 0.611. The summed E-state index contributed by atoms with van der Waals surface area (Å²) < 4.78 is 11.2. The maximum absolute atomic E-state index is 12.5. The molecule has 0 unspecified atom stereocenters. The van der Waals surface area contributed by atoms with E-state index in [0.29, 0.717) is 50.8 Å². The van der Waals surface area contributed by atoms with Crippen LogP contribution in [0.5, 0.6) is 0 Å². The highest BCUT2D eigenvalue weighted by atomic mass is 32.1. The van der Waals surface area contributed by atoms with E-state index in [2.05, 4.69) is 15.4 Å². The molecule has 2 saturated heterocycles. The van der Waals surface area contributed by atoms with Crippen molar-refractivity contribution in [1.29, 1.82) is 0 Å². The lowest BCUT2D eigenvalue weighted by Crippen LogP contribution is -2.50. The van der Waals surface area contributed by atoms with Gasteiger partial charge in [-0.2, -0.15) is 0 Å². The maximum atomic E-state index is 12.5. The molecule has 0 bridgehead atoms. The summed E-state index contributed by atoms with van der Waals surface area (Å²) in [6.07, 6.45) is 2.05. The number of ether oxygens (including phenoxy) is 2. The summed E-state index contributed by atoms with van der Waals surface area (Å²) in [6.45, 7) is 2.57. The van der Waals surface area contributed by atoms with Gasteiger partial charge < -0.3 is 34.7 Å². The minimum atomic E-state index is -0.646.